The van der Waals surface area contributed by atoms with E-state index in [1.165, 1.54) is 0 Å². The summed E-state index contributed by atoms with van der Waals surface area (Å²) in [6.45, 7) is 6.52. The van der Waals surface area contributed by atoms with Crippen LogP contribution in [0.5, 0.6) is 0 Å². The minimum absolute atomic E-state index is 0.0392. The van der Waals surface area contributed by atoms with E-state index in [0.29, 0.717) is 37.9 Å². The van der Waals surface area contributed by atoms with Crippen LogP contribution in [-0.2, 0) is 4.79 Å². The summed E-state index contributed by atoms with van der Waals surface area (Å²) in [6, 6.07) is -0.641. The quantitative estimate of drug-likeness (QED) is 0.859. The van der Waals surface area contributed by atoms with Crippen molar-refractivity contribution in [2.24, 2.45) is 0 Å². The standard InChI is InChI=1S/C14H22F3N5O2/c1-9(12(23)18-8-14(15,16)17)21-4-6-22(7-5-21)10(2)13-19-11(3)20-24-13/h9-10H,4-8H2,1-3H3,(H,18,23)/t9-,10-/m0/s1. The second-order valence-electron chi connectivity index (χ2n) is 5.94. The lowest BCUT2D eigenvalue weighted by Crippen LogP contribution is -2.54. The number of aryl methyl sites for hydroxylation is 1. The van der Waals surface area contributed by atoms with E-state index in [1.54, 1.807) is 13.8 Å². The molecule has 0 saturated carbocycles. The first-order valence-corrected chi connectivity index (χ1v) is 7.80. The van der Waals surface area contributed by atoms with E-state index in [2.05, 4.69) is 15.0 Å². The number of alkyl halides is 3. The van der Waals surface area contributed by atoms with Gasteiger partial charge in [-0.25, -0.2) is 0 Å². The summed E-state index contributed by atoms with van der Waals surface area (Å²) in [7, 11) is 0. The summed E-state index contributed by atoms with van der Waals surface area (Å²) in [5, 5.41) is 5.70. The van der Waals surface area contributed by atoms with Gasteiger partial charge in [0.15, 0.2) is 5.82 Å². The van der Waals surface area contributed by atoms with Gasteiger partial charge in [0, 0.05) is 26.2 Å². The van der Waals surface area contributed by atoms with E-state index >= 15 is 0 Å². The molecule has 2 rings (SSSR count). The molecular formula is C14H22F3N5O2. The average molecular weight is 349 g/mol. The highest BCUT2D eigenvalue weighted by Gasteiger charge is 2.32. The maximum absolute atomic E-state index is 12.2. The molecule has 0 spiro atoms. The number of halogens is 3. The van der Waals surface area contributed by atoms with Crippen LogP contribution in [0.1, 0.15) is 31.6 Å². The van der Waals surface area contributed by atoms with Gasteiger partial charge in [-0.3, -0.25) is 14.6 Å². The number of carbonyl (C=O) groups is 1. The summed E-state index contributed by atoms with van der Waals surface area (Å²) in [5.74, 6) is 0.503. The number of nitrogens with zero attached hydrogens (tertiary/aromatic N) is 4. The van der Waals surface area contributed by atoms with Crippen LogP contribution < -0.4 is 5.32 Å². The van der Waals surface area contributed by atoms with Crippen molar-refractivity contribution in [3.05, 3.63) is 11.7 Å². The number of nitrogens with one attached hydrogen (secondary N) is 1. The van der Waals surface area contributed by atoms with Crippen molar-refractivity contribution >= 4 is 5.91 Å². The highest BCUT2D eigenvalue weighted by molar-refractivity contribution is 5.81. The van der Waals surface area contributed by atoms with Gasteiger partial charge in [0.1, 0.15) is 6.54 Å². The third-order valence-electron chi connectivity index (χ3n) is 4.19. The third kappa shape index (κ3) is 4.91. The van der Waals surface area contributed by atoms with Crippen LogP contribution in [0, 0.1) is 6.92 Å². The molecule has 1 aromatic rings. The van der Waals surface area contributed by atoms with Crippen molar-refractivity contribution in [3.8, 4) is 0 Å². The molecule has 1 aliphatic heterocycles. The van der Waals surface area contributed by atoms with Gasteiger partial charge >= 0.3 is 6.18 Å². The highest BCUT2D eigenvalue weighted by atomic mass is 19.4. The van der Waals surface area contributed by atoms with Crippen LogP contribution in [-0.4, -0.2) is 70.8 Å². The largest absolute Gasteiger partial charge is 0.405 e. The molecule has 1 N–H and O–H groups in total. The first kappa shape index (κ1) is 18.7. The molecule has 136 valence electrons. The fourth-order valence-electron chi connectivity index (χ4n) is 2.65. The number of hydrogen-bond donors (Lipinski definition) is 1. The predicted octanol–water partition coefficient (Wildman–Crippen LogP) is 1.12. The van der Waals surface area contributed by atoms with Crippen LogP contribution in [0.3, 0.4) is 0 Å². The zero-order valence-electron chi connectivity index (χ0n) is 13.9. The van der Waals surface area contributed by atoms with Gasteiger partial charge in [0.25, 0.3) is 0 Å². The van der Waals surface area contributed by atoms with Gasteiger partial charge in [-0.05, 0) is 20.8 Å². The van der Waals surface area contributed by atoms with Crippen molar-refractivity contribution in [2.45, 2.75) is 39.0 Å². The molecule has 0 radical (unpaired) electrons. The molecule has 7 nitrogen and oxygen atoms in total. The summed E-state index contributed by atoms with van der Waals surface area (Å²) in [4.78, 5) is 20.1. The number of carbonyl (C=O) groups excluding carboxylic acids is 1. The minimum Gasteiger partial charge on any atom is -0.346 e. The first-order valence-electron chi connectivity index (χ1n) is 7.80. The maximum atomic E-state index is 12.2. The van der Waals surface area contributed by atoms with Crippen LogP contribution in [0.15, 0.2) is 4.52 Å². The number of rotatable bonds is 5. The van der Waals surface area contributed by atoms with Gasteiger partial charge in [-0.1, -0.05) is 5.16 Å². The average Bonchev–Trinajstić information content (AvgIpc) is 2.97. The fraction of sp³-hybridized carbons (Fsp3) is 0.786. The topological polar surface area (TPSA) is 74.5 Å². The Labute approximate surface area is 138 Å². The van der Waals surface area contributed by atoms with Crippen molar-refractivity contribution in [2.75, 3.05) is 32.7 Å². The van der Waals surface area contributed by atoms with Crippen molar-refractivity contribution in [3.63, 3.8) is 0 Å². The second kappa shape index (κ2) is 7.47. The van der Waals surface area contributed by atoms with Gasteiger partial charge in [0.05, 0.1) is 12.1 Å². The summed E-state index contributed by atoms with van der Waals surface area (Å²) < 4.78 is 41.7. The number of hydrogen-bond acceptors (Lipinski definition) is 6. The normalized spacial score (nSPS) is 19.9. The van der Waals surface area contributed by atoms with Gasteiger partial charge < -0.3 is 9.84 Å². The maximum Gasteiger partial charge on any atom is 0.405 e. The molecule has 1 saturated heterocycles. The Kier molecular flexibility index (Phi) is 5.81. The molecule has 0 aromatic carbocycles. The molecule has 0 aliphatic carbocycles. The second-order valence-corrected chi connectivity index (χ2v) is 5.94. The third-order valence-corrected chi connectivity index (χ3v) is 4.19. The first-order chi connectivity index (χ1) is 11.2. The van der Waals surface area contributed by atoms with E-state index in [4.69, 9.17) is 4.52 Å². The zero-order valence-corrected chi connectivity index (χ0v) is 13.9. The Morgan fingerprint density at radius 1 is 1.25 bits per heavy atom. The minimum atomic E-state index is -4.40. The summed E-state index contributed by atoms with van der Waals surface area (Å²) >= 11 is 0. The molecule has 1 fully saturated rings. The lowest BCUT2D eigenvalue weighted by atomic mass is 10.2. The van der Waals surface area contributed by atoms with Crippen LogP contribution >= 0.6 is 0 Å². The SMILES string of the molecule is Cc1noc([C@H](C)N2CCN([C@@H](C)C(=O)NCC(F)(F)F)CC2)n1. The molecule has 2 atom stereocenters. The Morgan fingerprint density at radius 2 is 1.83 bits per heavy atom. The number of aromatic nitrogens is 2. The van der Waals surface area contributed by atoms with Crippen molar-refractivity contribution in [1.82, 2.24) is 25.3 Å². The van der Waals surface area contributed by atoms with Crippen molar-refractivity contribution < 1.29 is 22.5 Å². The zero-order chi connectivity index (χ0) is 17.9. The molecule has 0 bridgehead atoms. The molecule has 0 unspecified atom stereocenters. The Hall–Kier alpha value is -1.68. The Morgan fingerprint density at radius 3 is 2.33 bits per heavy atom. The smallest absolute Gasteiger partial charge is 0.346 e. The highest BCUT2D eigenvalue weighted by Crippen LogP contribution is 2.20. The molecule has 1 aliphatic rings. The van der Waals surface area contributed by atoms with Crippen LogP contribution in [0.25, 0.3) is 0 Å². The summed E-state index contributed by atoms with van der Waals surface area (Å²) in [5.41, 5.74) is 0. The molecule has 1 amide bonds. The van der Waals surface area contributed by atoms with E-state index in [9.17, 15) is 18.0 Å². The van der Waals surface area contributed by atoms with Gasteiger partial charge in [-0.15, -0.1) is 0 Å². The molecule has 10 heteroatoms. The number of amides is 1. The predicted molar refractivity (Wildman–Crippen MR) is 79.1 cm³/mol. The monoisotopic (exact) mass is 349 g/mol. The number of piperazine rings is 1. The fourth-order valence-corrected chi connectivity index (χ4v) is 2.65. The molecule has 2 heterocycles. The van der Waals surface area contributed by atoms with E-state index in [0.717, 1.165) is 0 Å². The van der Waals surface area contributed by atoms with E-state index in [-0.39, 0.29) is 6.04 Å². The molecule has 1 aromatic heterocycles. The van der Waals surface area contributed by atoms with E-state index < -0.39 is 24.7 Å². The Balaban J connectivity index is 1.82. The van der Waals surface area contributed by atoms with Gasteiger partial charge in [0.2, 0.25) is 11.8 Å². The van der Waals surface area contributed by atoms with Crippen LogP contribution in [0.2, 0.25) is 0 Å². The van der Waals surface area contributed by atoms with E-state index in [1.807, 2.05) is 17.1 Å². The lowest BCUT2D eigenvalue weighted by molar-refractivity contribution is -0.141. The van der Waals surface area contributed by atoms with Crippen molar-refractivity contribution in [1.29, 1.82) is 0 Å². The lowest BCUT2D eigenvalue weighted by Gasteiger charge is -2.39. The Bertz CT molecular complexity index is 555. The molecule has 24 heavy (non-hydrogen) atoms. The van der Waals surface area contributed by atoms with Gasteiger partial charge in [-0.2, -0.15) is 18.2 Å². The van der Waals surface area contributed by atoms with Crippen LogP contribution in [0.4, 0.5) is 13.2 Å². The molecular weight excluding hydrogens is 327 g/mol. The summed E-state index contributed by atoms with van der Waals surface area (Å²) in [6.07, 6.45) is -4.40.